The molecule has 3 rings (SSSR count). The zero-order chi connectivity index (χ0) is 18.9. The quantitative estimate of drug-likeness (QED) is 0.566. The average molecular weight is 384 g/mol. The number of rotatable bonds is 9. The van der Waals surface area contributed by atoms with Gasteiger partial charge in [-0.3, -0.25) is 4.79 Å². The number of pyridine rings is 1. The van der Waals surface area contributed by atoms with Crippen molar-refractivity contribution in [1.82, 2.24) is 20.4 Å². The molecule has 1 N–H and O–H groups in total. The lowest BCUT2D eigenvalue weighted by Gasteiger charge is -2.02. The van der Waals surface area contributed by atoms with Gasteiger partial charge in [-0.05, 0) is 25.1 Å². The predicted octanol–water partition coefficient (Wildman–Crippen LogP) is 3.33. The number of nitrogens with zero attached hydrogens (tertiary/aromatic N) is 3. The molecular weight excluding hydrogens is 364 g/mol. The summed E-state index contributed by atoms with van der Waals surface area (Å²) in [6.07, 6.45) is 2.04. The Balaban J connectivity index is 1.44. The lowest BCUT2D eigenvalue weighted by atomic mass is 10.3. The van der Waals surface area contributed by atoms with Crippen molar-refractivity contribution in [2.24, 2.45) is 0 Å². The first kappa shape index (κ1) is 18.9. The van der Waals surface area contributed by atoms with Crippen LogP contribution in [-0.2, 0) is 11.3 Å². The number of thioether (sulfide) groups is 1. The van der Waals surface area contributed by atoms with E-state index in [2.05, 4.69) is 20.4 Å². The van der Waals surface area contributed by atoms with Gasteiger partial charge in [-0.15, -0.1) is 11.8 Å². The summed E-state index contributed by atoms with van der Waals surface area (Å²) in [7, 11) is 0. The fraction of sp³-hybridized carbons (Fsp3) is 0.263. The first-order valence-electron chi connectivity index (χ1n) is 8.61. The molecule has 0 aliphatic carbocycles. The summed E-state index contributed by atoms with van der Waals surface area (Å²) in [5.41, 5.74) is 0.721. The Morgan fingerprint density at radius 2 is 2.07 bits per heavy atom. The van der Waals surface area contributed by atoms with E-state index in [-0.39, 0.29) is 12.5 Å². The average Bonchev–Trinajstić information content (AvgIpc) is 3.17. The van der Waals surface area contributed by atoms with Crippen molar-refractivity contribution in [2.75, 3.05) is 12.4 Å². The summed E-state index contributed by atoms with van der Waals surface area (Å²) in [5, 5.41) is 6.71. The van der Waals surface area contributed by atoms with Crippen LogP contribution in [0.2, 0.25) is 0 Å². The second-order valence-corrected chi connectivity index (χ2v) is 6.69. The Bertz CT molecular complexity index is 853. The zero-order valence-corrected chi connectivity index (χ0v) is 15.7. The van der Waals surface area contributed by atoms with Gasteiger partial charge in [-0.2, -0.15) is 4.98 Å². The highest BCUT2D eigenvalue weighted by molar-refractivity contribution is 7.99. The van der Waals surface area contributed by atoms with Gasteiger partial charge < -0.3 is 14.6 Å². The van der Waals surface area contributed by atoms with E-state index in [9.17, 15) is 4.79 Å². The summed E-state index contributed by atoms with van der Waals surface area (Å²) in [6.45, 7) is 2.66. The van der Waals surface area contributed by atoms with Crippen molar-refractivity contribution in [3.05, 3.63) is 54.6 Å². The second kappa shape index (κ2) is 9.72. The Morgan fingerprint density at radius 1 is 1.22 bits per heavy atom. The first-order chi connectivity index (χ1) is 13.2. The summed E-state index contributed by atoms with van der Waals surface area (Å²) >= 11 is 1.65. The third-order valence-electron chi connectivity index (χ3n) is 3.53. The van der Waals surface area contributed by atoms with E-state index in [0.717, 1.165) is 10.5 Å². The Labute approximate surface area is 161 Å². The number of benzene rings is 1. The minimum atomic E-state index is -0.0547. The lowest BCUT2D eigenvalue weighted by molar-refractivity contribution is -0.120. The van der Waals surface area contributed by atoms with Crippen LogP contribution in [0.15, 0.2) is 58.1 Å². The molecule has 2 heterocycles. The third kappa shape index (κ3) is 5.82. The molecular formula is C19H20N4O3S. The van der Waals surface area contributed by atoms with Crippen LogP contribution < -0.4 is 10.1 Å². The van der Waals surface area contributed by atoms with Crippen LogP contribution >= 0.6 is 11.8 Å². The number of hydrogen-bond donors (Lipinski definition) is 1. The third-order valence-corrected chi connectivity index (χ3v) is 4.55. The summed E-state index contributed by atoms with van der Waals surface area (Å²) < 4.78 is 10.5. The van der Waals surface area contributed by atoms with Gasteiger partial charge in [0.15, 0.2) is 0 Å². The standard InChI is InChI=1S/C19H20N4O3S/c1-2-25-17-9-8-14(12-21-17)19-22-18(26-23-19)13-20-16(24)10-11-27-15-6-4-3-5-7-15/h3-9,12H,2,10-11,13H2,1H3,(H,20,24). The molecule has 0 spiro atoms. The summed E-state index contributed by atoms with van der Waals surface area (Å²) in [4.78, 5) is 21.5. The fourth-order valence-electron chi connectivity index (χ4n) is 2.23. The minimum Gasteiger partial charge on any atom is -0.478 e. The van der Waals surface area contributed by atoms with Gasteiger partial charge in [0.1, 0.15) is 0 Å². The molecule has 0 fully saturated rings. The maximum atomic E-state index is 11.9. The number of aromatic nitrogens is 3. The van der Waals surface area contributed by atoms with E-state index in [1.165, 1.54) is 0 Å². The van der Waals surface area contributed by atoms with Crippen molar-refractivity contribution < 1.29 is 14.1 Å². The fourth-order valence-corrected chi connectivity index (χ4v) is 3.10. The molecule has 0 aliphatic heterocycles. The van der Waals surface area contributed by atoms with Crippen molar-refractivity contribution in [3.8, 4) is 17.3 Å². The van der Waals surface area contributed by atoms with Gasteiger partial charge in [0, 0.05) is 34.9 Å². The number of amides is 1. The van der Waals surface area contributed by atoms with Gasteiger partial charge in [0.2, 0.25) is 23.5 Å². The number of hydrogen-bond acceptors (Lipinski definition) is 7. The lowest BCUT2D eigenvalue weighted by Crippen LogP contribution is -2.23. The van der Waals surface area contributed by atoms with E-state index in [1.54, 1.807) is 24.0 Å². The van der Waals surface area contributed by atoms with Crippen LogP contribution in [0, 0.1) is 0 Å². The van der Waals surface area contributed by atoms with Crippen LogP contribution in [0.1, 0.15) is 19.2 Å². The number of nitrogens with one attached hydrogen (secondary N) is 1. The highest BCUT2D eigenvalue weighted by Crippen LogP contribution is 2.18. The molecule has 3 aromatic rings. The van der Waals surface area contributed by atoms with Crippen LogP contribution in [-0.4, -0.2) is 33.4 Å². The molecule has 27 heavy (non-hydrogen) atoms. The minimum absolute atomic E-state index is 0.0547. The summed E-state index contributed by atoms with van der Waals surface area (Å²) in [5.74, 6) is 1.98. The van der Waals surface area contributed by atoms with Gasteiger partial charge in [-0.1, -0.05) is 23.4 Å². The van der Waals surface area contributed by atoms with Crippen molar-refractivity contribution in [3.63, 3.8) is 0 Å². The molecule has 2 aromatic heterocycles. The van der Waals surface area contributed by atoms with E-state index < -0.39 is 0 Å². The maximum Gasteiger partial charge on any atom is 0.246 e. The van der Waals surface area contributed by atoms with E-state index in [4.69, 9.17) is 9.26 Å². The van der Waals surface area contributed by atoms with Crippen molar-refractivity contribution in [1.29, 1.82) is 0 Å². The Kier molecular flexibility index (Phi) is 6.81. The molecule has 1 amide bonds. The molecule has 0 saturated heterocycles. The SMILES string of the molecule is CCOc1ccc(-c2noc(CNC(=O)CCSc3ccccc3)n2)cn1. The highest BCUT2D eigenvalue weighted by atomic mass is 32.2. The summed E-state index contributed by atoms with van der Waals surface area (Å²) in [6, 6.07) is 13.5. The topological polar surface area (TPSA) is 90.1 Å². The van der Waals surface area contributed by atoms with Crippen LogP contribution in [0.4, 0.5) is 0 Å². The van der Waals surface area contributed by atoms with Crippen LogP contribution in [0.5, 0.6) is 5.88 Å². The van der Waals surface area contributed by atoms with E-state index in [1.807, 2.05) is 43.3 Å². The molecule has 140 valence electrons. The monoisotopic (exact) mass is 384 g/mol. The molecule has 1 aromatic carbocycles. The van der Waals surface area contributed by atoms with Gasteiger partial charge in [0.25, 0.3) is 0 Å². The molecule has 0 unspecified atom stereocenters. The van der Waals surface area contributed by atoms with Gasteiger partial charge >= 0.3 is 0 Å². The molecule has 8 heteroatoms. The van der Waals surface area contributed by atoms with E-state index in [0.29, 0.717) is 36.4 Å². The van der Waals surface area contributed by atoms with Crippen molar-refractivity contribution in [2.45, 2.75) is 24.8 Å². The normalized spacial score (nSPS) is 10.6. The first-order valence-corrected chi connectivity index (χ1v) is 9.59. The molecule has 0 saturated carbocycles. The predicted molar refractivity (Wildman–Crippen MR) is 102 cm³/mol. The maximum absolute atomic E-state index is 11.9. The Morgan fingerprint density at radius 3 is 2.81 bits per heavy atom. The molecule has 0 atom stereocenters. The molecule has 0 radical (unpaired) electrons. The van der Waals surface area contributed by atoms with E-state index >= 15 is 0 Å². The smallest absolute Gasteiger partial charge is 0.246 e. The Hall–Kier alpha value is -2.87. The molecule has 0 aliphatic rings. The number of carbonyl (C=O) groups is 1. The van der Waals surface area contributed by atoms with Crippen LogP contribution in [0.25, 0.3) is 11.4 Å². The van der Waals surface area contributed by atoms with Crippen molar-refractivity contribution >= 4 is 17.7 Å². The van der Waals surface area contributed by atoms with Crippen LogP contribution in [0.3, 0.4) is 0 Å². The largest absolute Gasteiger partial charge is 0.478 e. The van der Waals surface area contributed by atoms with Gasteiger partial charge in [-0.25, -0.2) is 4.98 Å². The highest BCUT2D eigenvalue weighted by Gasteiger charge is 2.10. The van der Waals surface area contributed by atoms with Gasteiger partial charge in [0.05, 0.1) is 13.2 Å². The zero-order valence-electron chi connectivity index (χ0n) is 14.9. The second-order valence-electron chi connectivity index (χ2n) is 5.52. The molecule has 0 bridgehead atoms. The number of carbonyl (C=O) groups excluding carboxylic acids is 1. The molecule has 7 nitrogen and oxygen atoms in total. The number of ether oxygens (including phenoxy) is 1.